The molecule has 0 amide bonds. The zero-order chi connectivity index (χ0) is 13.0. The molecular formula is C15H15BrClN. The molecule has 2 aromatic carbocycles. The van der Waals surface area contributed by atoms with Crippen molar-refractivity contribution in [3.8, 4) is 0 Å². The van der Waals surface area contributed by atoms with E-state index < -0.39 is 0 Å². The minimum Gasteiger partial charge on any atom is -0.309 e. The van der Waals surface area contributed by atoms with Crippen molar-refractivity contribution in [3.63, 3.8) is 0 Å². The molecule has 2 aromatic rings. The molecule has 0 fully saturated rings. The number of benzene rings is 2. The van der Waals surface area contributed by atoms with E-state index in [1.165, 1.54) is 11.1 Å². The normalized spacial score (nSPS) is 10.6. The van der Waals surface area contributed by atoms with E-state index in [1.807, 2.05) is 18.2 Å². The molecule has 0 aliphatic rings. The second-order valence-electron chi connectivity index (χ2n) is 4.27. The topological polar surface area (TPSA) is 12.0 Å². The van der Waals surface area contributed by atoms with E-state index >= 15 is 0 Å². The van der Waals surface area contributed by atoms with Gasteiger partial charge in [0.1, 0.15) is 0 Å². The van der Waals surface area contributed by atoms with E-state index in [4.69, 9.17) is 11.6 Å². The summed E-state index contributed by atoms with van der Waals surface area (Å²) >= 11 is 9.61. The Hall–Kier alpha value is -0.830. The lowest BCUT2D eigenvalue weighted by Crippen LogP contribution is -2.13. The number of halogens is 2. The van der Waals surface area contributed by atoms with Gasteiger partial charge in [-0.2, -0.15) is 0 Å². The molecule has 1 N–H and O–H groups in total. The lowest BCUT2D eigenvalue weighted by atomic mass is 10.1. The fourth-order valence-corrected chi connectivity index (χ4v) is 2.41. The van der Waals surface area contributed by atoms with Crippen molar-refractivity contribution >= 4 is 27.5 Å². The molecule has 1 nitrogen and oxygen atoms in total. The Kier molecular flexibility index (Phi) is 4.81. The van der Waals surface area contributed by atoms with Crippen LogP contribution < -0.4 is 5.32 Å². The van der Waals surface area contributed by atoms with Gasteiger partial charge in [0.15, 0.2) is 0 Å². The van der Waals surface area contributed by atoms with Crippen molar-refractivity contribution < 1.29 is 0 Å². The van der Waals surface area contributed by atoms with Crippen LogP contribution in [0.4, 0.5) is 0 Å². The van der Waals surface area contributed by atoms with Gasteiger partial charge in [0.25, 0.3) is 0 Å². The average Bonchev–Trinajstić information content (AvgIpc) is 2.36. The summed E-state index contributed by atoms with van der Waals surface area (Å²) in [7, 11) is 0. The van der Waals surface area contributed by atoms with Crippen LogP contribution in [0.1, 0.15) is 16.7 Å². The fraction of sp³-hybridized carbons (Fsp3) is 0.200. The van der Waals surface area contributed by atoms with Gasteiger partial charge in [-0.1, -0.05) is 51.8 Å². The summed E-state index contributed by atoms with van der Waals surface area (Å²) in [5, 5.41) is 4.22. The largest absolute Gasteiger partial charge is 0.309 e. The molecule has 0 aliphatic carbocycles. The van der Waals surface area contributed by atoms with E-state index in [-0.39, 0.29) is 0 Å². The molecule has 3 heteroatoms. The van der Waals surface area contributed by atoms with Gasteiger partial charge in [-0.15, -0.1) is 0 Å². The zero-order valence-electron chi connectivity index (χ0n) is 10.2. The molecule has 94 valence electrons. The highest BCUT2D eigenvalue weighted by Gasteiger charge is 2.01. The molecule has 0 spiro atoms. The maximum Gasteiger partial charge on any atom is 0.0451 e. The van der Waals surface area contributed by atoms with Crippen molar-refractivity contribution in [2.75, 3.05) is 0 Å². The Bertz CT molecular complexity index is 540. The van der Waals surface area contributed by atoms with Crippen molar-refractivity contribution in [2.24, 2.45) is 0 Å². The Balaban J connectivity index is 1.96. The van der Waals surface area contributed by atoms with E-state index in [2.05, 4.69) is 52.4 Å². The number of nitrogens with one attached hydrogen (secondary N) is 1. The molecule has 2 rings (SSSR count). The van der Waals surface area contributed by atoms with Gasteiger partial charge in [0.2, 0.25) is 0 Å². The monoisotopic (exact) mass is 323 g/mol. The van der Waals surface area contributed by atoms with Gasteiger partial charge in [0.05, 0.1) is 0 Å². The Morgan fingerprint density at radius 2 is 1.78 bits per heavy atom. The van der Waals surface area contributed by atoms with Gasteiger partial charge in [-0.05, 0) is 41.8 Å². The van der Waals surface area contributed by atoms with Crippen LogP contribution in [0, 0.1) is 6.92 Å². The Morgan fingerprint density at radius 3 is 2.56 bits per heavy atom. The van der Waals surface area contributed by atoms with E-state index in [9.17, 15) is 0 Å². The van der Waals surface area contributed by atoms with Crippen LogP contribution in [0.2, 0.25) is 5.02 Å². The Labute approximate surface area is 121 Å². The summed E-state index contributed by atoms with van der Waals surface area (Å²) in [6, 6.07) is 14.3. The van der Waals surface area contributed by atoms with Crippen molar-refractivity contribution in [2.45, 2.75) is 20.0 Å². The first kappa shape index (κ1) is 13.6. The van der Waals surface area contributed by atoms with Gasteiger partial charge >= 0.3 is 0 Å². The smallest absolute Gasteiger partial charge is 0.0451 e. The van der Waals surface area contributed by atoms with E-state index in [0.29, 0.717) is 0 Å². The molecule has 0 radical (unpaired) electrons. The molecule has 0 saturated carbocycles. The van der Waals surface area contributed by atoms with Crippen LogP contribution in [0.15, 0.2) is 46.9 Å². The molecule has 0 aromatic heterocycles. The number of hydrogen-bond acceptors (Lipinski definition) is 1. The minimum atomic E-state index is 0.770. The van der Waals surface area contributed by atoms with E-state index in [1.54, 1.807) is 0 Å². The van der Waals surface area contributed by atoms with Gasteiger partial charge in [-0.3, -0.25) is 0 Å². The van der Waals surface area contributed by atoms with Crippen LogP contribution in [-0.4, -0.2) is 0 Å². The van der Waals surface area contributed by atoms with Crippen LogP contribution in [0.3, 0.4) is 0 Å². The van der Waals surface area contributed by atoms with Crippen LogP contribution in [0.25, 0.3) is 0 Å². The minimum absolute atomic E-state index is 0.770. The van der Waals surface area contributed by atoms with Crippen molar-refractivity contribution in [1.82, 2.24) is 5.32 Å². The first-order chi connectivity index (χ1) is 8.66. The van der Waals surface area contributed by atoms with Crippen LogP contribution >= 0.6 is 27.5 Å². The molecule has 0 heterocycles. The predicted molar refractivity (Wildman–Crippen MR) is 80.9 cm³/mol. The third kappa shape index (κ3) is 3.58. The summed E-state index contributed by atoms with van der Waals surface area (Å²) in [6.07, 6.45) is 0. The number of rotatable bonds is 4. The maximum atomic E-state index is 6.15. The SMILES string of the molecule is Cc1ccccc1CNCc1cc(Br)ccc1Cl. The number of hydrogen-bond donors (Lipinski definition) is 1. The van der Waals surface area contributed by atoms with Crippen molar-refractivity contribution in [1.29, 1.82) is 0 Å². The predicted octanol–water partition coefficient (Wildman–Crippen LogP) is 4.70. The fourth-order valence-electron chi connectivity index (χ4n) is 1.82. The summed E-state index contributed by atoms with van der Waals surface area (Å²) in [4.78, 5) is 0. The average molecular weight is 325 g/mol. The molecule has 0 saturated heterocycles. The summed E-state index contributed by atoms with van der Waals surface area (Å²) in [6.45, 7) is 3.76. The first-order valence-corrected chi connectivity index (χ1v) is 7.03. The molecule has 0 unspecified atom stereocenters. The molecule has 0 bridgehead atoms. The molecule has 18 heavy (non-hydrogen) atoms. The molecular weight excluding hydrogens is 310 g/mol. The van der Waals surface area contributed by atoms with Crippen LogP contribution in [-0.2, 0) is 13.1 Å². The second kappa shape index (κ2) is 6.37. The highest BCUT2D eigenvalue weighted by atomic mass is 79.9. The lowest BCUT2D eigenvalue weighted by Gasteiger charge is -2.09. The molecule has 0 aliphatic heterocycles. The quantitative estimate of drug-likeness (QED) is 0.859. The van der Waals surface area contributed by atoms with Gasteiger partial charge in [-0.25, -0.2) is 0 Å². The first-order valence-electron chi connectivity index (χ1n) is 5.86. The summed E-state index contributed by atoms with van der Waals surface area (Å²) in [5.74, 6) is 0. The lowest BCUT2D eigenvalue weighted by molar-refractivity contribution is 0.690. The standard InChI is InChI=1S/C15H15BrClN/c1-11-4-2-3-5-12(11)9-18-10-13-8-14(16)6-7-15(13)17/h2-8,18H,9-10H2,1H3. The Morgan fingerprint density at radius 1 is 1.06 bits per heavy atom. The molecule has 0 atom stereocenters. The zero-order valence-corrected chi connectivity index (χ0v) is 12.6. The third-order valence-electron chi connectivity index (χ3n) is 2.90. The third-order valence-corrected chi connectivity index (χ3v) is 3.76. The summed E-state index contributed by atoms with van der Waals surface area (Å²) < 4.78 is 1.06. The van der Waals surface area contributed by atoms with Crippen LogP contribution in [0.5, 0.6) is 0 Å². The maximum absolute atomic E-state index is 6.15. The number of aryl methyl sites for hydroxylation is 1. The van der Waals surface area contributed by atoms with E-state index in [0.717, 1.165) is 28.1 Å². The second-order valence-corrected chi connectivity index (χ2v) is 5.59. The highest BCUT2D eigenvalue weighted by molar-refractivity contribution is 9.10. The summed E-state index contributed by atoms with van der Waals surface area (Å²) in [5.41, 5.74) is 3.74. The van der Waals surface area contributed by atoms with Gasteiger partial charge < -0.3 is 5.32 Å². The highest BCUT2D eigenvalue weighted by Crippen LogP contribution is 2.20. The van der Waals surface area contributed by atoms with Crippen molar-refractivity contribution in [3.05, 3.63) is 68.7 Å². The van der Waals surface area contributed by atoms with Gasteiger partial charge in [0, 0.05) is 22.6 Å².